The van der Waals surface area contributed by atoms with Gasteiger partial charge >= 0.3 is 0 Å². The Balaban J connectivity index is 2.00. The summed E-state index contributed by atoms with van der Waals surface area (Å²) in [5.74, 6) is 0. The average molecular weight is 352 g/mol. The predicted molar refractivity (Wildman–Crippen MR) is 117 cm³/mol. The summed E-state index contributed by atoms with van der Waals surface area (Å²) in [6, 6.07) is 24.3. The highest BCUT2D eigenvalue weighted by Gasteiger charge is 2.26. The predicted octanol–water partition coefficient (Wildman–Crippen LogP) is 5.32. The van der Waals surface area contributed by atoms with Crippen LogP contribution in [0.4, 0.5) is 0 Å². The molecule has 1 aliphatic carbocycles. The number of methoxy groups -OCH3 is 1. The second-order valence-corrected chi connectivity index (χ2v) is 7.78. The molecule has 0 saturated heterocycles. The first-order valence-electron chi connectivity index (χ1n) is 9.54. The van der Waals surface area contributed by atoms with E-state index in [0.717, 1.165) is 6.42 Å². The van der Waals surface area contributed by atoms with Gasteiger partial charge in [0.05, 0.1) is 5.50 Å². The van der Waals surface area contributed by atoms with Crippen molar-refractivity contribution in [3.05, 3.63) is 95.1 Å². The van der Waals surface area contributed by atoms with Gasteiger partial charge in [0.1, 0.15) is 0 Å². The van der Waals surface area contributed by atoms with Gasteiger partial charge in [-0.15, -0.1) is 0 Å². The third-order valence-corrected chi connectivity index (χ3v) is 5.58. The van der Waals surface area contributed by atoms with Crippen LogP contribution in [0.25, 0.3) is 22.3 Å². The molecule has 134 valence electrons. The molecule has 0 heterocycles. The van der Waals surface area contributed by atoms with Crippen LogP contribution in [-0.2, 0) is 16.7 Å². The maximum absolute atomic E-state index is 5.94. The molecule has 0 saturated carbocycles. The molecule has 3 aromatic carbocycles. The quantitative estimate of drug-likeness (QED) is 0.358. The lowest BCUT2D eigenvalue weighted by Gasteiger charge is -2.27. The molecular formula is C25H25BO. The van der Waals surface area contributed by atoms with Crippen LogP contribution < -0.4 is 0 Å². The zero-order valence-electron chi connectivity index (χ0n) is 16.5. The summed E-state index contributed by atoms with van der Waals surface area (Å²) in [5, 5.41) is 0. The van der Waals surface area contributed by atoms with E-state index >= 15 is 0 Å². The normalized spacial score (nSPS) is 14.2. The average Bonchev–Trinajstić information content (AvgIpc) is 2.81. The molecule has 0 fully saturated rings. The zero-order chi connectivity index (χ0) is 19.0. The summed E-state index contributed by atoms with van der Waals surface area (Å²) < 4.78 is 5.94. The first-order chi connectivity index (χ1) is 13.0. The summed E-state index contributed by atoms with van der Waals surface area (Å²) in [5.41, 5.74) is 10.00. The minimum absolute atomic E-state index is 0.436. The van der Waals surface area contributed by atoms with E-state index in [1.165, 1.54) is 44.5 Å². The van der Waals surface area contributed by atoms with Crippen LogP contribution in [0.5, 0.6) is 0 Å². The Morgan fingerprint density at radius 3 is 2.04 bits per heavy atom. The van der Waals surface area contributed by atoms with Crippen molar-refractivity contribution in [1.29, 1.82) is 0 Å². The number of benzene rings is 3. The largest absolute Gasteiger partial charge is 0.379 e. The van der Waals surface area contributed by atoms with Gasteiger partial charge in [0.2, 0.25) is 0 Å². The van der Waals surface area contributed by atoms with Gasteiger partial charge in [-0.1, -0.05) is 72.3 Å². The highest BCUT2D eigenvalue weighted by molar-refractivity contribution is 6.16. The van der Waals surface area contributed by atoms with Gasteiger partial charge in [0.25, 0.3) is 0 Å². The second kappa shape index (κ2) is 6.86. The van der Waals surface area contributed by atoms with Gasteiger partial charge in [-0.25, -0.2) is 0 Å². The van der Waals surface area contributed by atoms with Gasteiger partial charge in [0, 0.05) is 7.11 Å². The van der Waals surface area contributed by atoms with Crippen molar-refractivity contribution in [2.75, 3.05) is 7.11 Å². The molecule has 0 aromatic heterocycles. The Morgan fingerprint density at radius 1 is 0.852 bits per heavy atom. The van der Waals surface area contributed by atoms with Crippen molar-refractivity contribution >= 4 is 7.85 Å². The molecular weight excluding hydrogens is 327 g/mol. The number of hydrogen-bond acceptors (Lipinski definition) is 1. The van der Waals surface area contributed by atoms with Crippen LogP contribution >= 0.6 is 0 Å². The molecule has 0 spiro atoms. The topological polar surface area (TPSA) is 9.23 Å². The van der Waals surface area contributed by atoms with Crippen molar-refractivity contribution in [2.45, 2.75) is 25.8 Å². The third-order valence-electron chi connectivity index (χ3n) is 5.58. The Labute approximate surface area is 163 Å². The maximum atomic E-state index is 5.94. The molecule has 3 aromatic rings. The lowest BCUT2D eigenvalue weighted by Crippen LogP contribution is -2.26. The van der Waals surface area contributed by atoms with Crippen LogP contribution in [0.2, 0.25) is 0 Å². The van der Waals surface area contributed by atoms with Gasteiger partial charge in [-0.3, -0.25) is 0 Å². The van der Waals surface area contributed by atoms with E-state index < -0.39 is 5.50 Å². The Morgan fingerprint density at radius 2 is 1.44 bits per heavy atom. The summed E-state index contributed by atoms with van der Waals surface area (Å²) in [6.45, 7) is 4.23. The summed E-state index contributed by atoms with van der Waals surface area (Å²) >= 11 is 0. The van der Waals surface area contributed by atoms with Crippen molar-refractivity contribution in [3.63, 3.8) is 0 Å². The Kier molecular flexibility index (Phi) is 4.53. The summed E-state index contributed by atoms with van der Waals surface area (Å²) in [7, 11) is 3.92. The fourth-order valence-corrected chi connectivity index (χ4v) is 4.20. The van der Waals surface area contributed by atoms with Crippen LogP contribution in [0.3, 0.4) is 0 Å². The summed E-state index contributed by atoms with van der Waals surface area (Å²) in [4.78, 5) is 0. The molecule has 4 rings (SSSR count). The molecule has 0 N–H and O–H groups in total. The third kappa shape index (κ3) is 3.15. The zero-order valence-corrected chi connectivity index (χ0v) is 16.5. The van der Waals surface area contributed by atoms with Crippen LogP contribution in [0.15, 0.2) is 78.4 Å². The van der Waals surface area contributed by atoms with Gasteiger partial charge in [-0.05, 0) is 65.3 Å². The van der Waals surface area contributed by atoms with Crippen molar-refractivity contribution < 1.29 is 4.74 Å². The Bertz CT molecular complexity index is 1030. The van der Waals surface area contributed by atoms with Crippen molar-refractivity contribution in [2.24, 2.45) is 0 Å². The highest BCUT2D eigenvalue weighted by atomic mass is 16.5. The van der Waals surface area contributed by atoms with E-state index in [-0.39, 0.29) is 0 Å². The minimum Gasteiger partial charge on any atom is -0.379 e. The SMILES string of the molecule is BC(C=C(C)C)(OC)c1ccc2c(c1)-c1ccccc1Cc1ccccc1-2. The van der Waals surface area contributed by atoms with E-state index in [4.69, 9.17) is 4.74 Å². The van der Waals surface area contributed by atoms with E-state index in [2.05, 4.69) is 94.5 Å². The Hall–Kier alpha value is -2.58. The van der Waals surface area contributed by atoms with Crippen LogP contribution in [0.1, 0.15) is 30.5 Å². The molecule has 0 amide bonds. The van der Waals surface area contributed by atoms with E-state index in [9.17, 15) is 0 Å². The first-order valence-corrected chi connectivity index (χ1v) is 9.54. The molecule has 1 atom stereocenters. The molecule has 0 aliphatic heterocycles. The monoisotopic (exact) mass is 352 g/mol. The fraction of sp³-hybridized carbons (Fsp3) is 0.200. The number of fused-ring (bicyclic) bond motifs is 5. The second-order valence-electron chi connectivity index (χ2n) is 7.78. The molecule has 1 unspecified atom stereocenters. The molecule has 1 aliphatic rings. The number of ether oxygens (including phenoxy) is 1. The van der Waals surface area contributed by atoms with E-state index in [1.54, 1.807) is 7.11 Å². The van der Waals surface area contributed by atoms with Crippen LogP contribution in [-0.4, -0.2) is 15.0 Å². The number of allylic oxidation sites excluding steroid dienone is 1. The highest BCUT2D eigenvalue weighted by Crippen LogP contribution is 2.42. The molecule has 2 heteroatoms. The van der Waals surface area contributed by atoms with E-state index in [0.29, 0.717) is 0 Å². The first kappa shape index (κ1) is 17.8. The smallest absolute Gasteiger partial charge is 0.154 e. The number of hydrogen-bond donors (Lipinski definition) is 0. The lowest BCUT2D eigenvalue weighted by molar-refractivity contribution is 0.102. The van der Waals surface area contributed by atoms with Crippen molar-refractivity contribution in [3.8, 4) is 22.3 Å². The van der Waals surface area contributed by atoms with Gasteiger partial charge < -0.3 is 4.74 Å². The fourth-order valence-electron chi connectivity index (χ4n) is 4.20. The number of rotatable bonds is 3. The molecule has 1 nitrogen and oxygen atoms in total. The summed E-state index contributed by atoms with van der Waals surface area (Å²) in [6.07, 6.45) is 3.16. The maximum Gasteiger partial charge on any atom is 0.154 e. The minimum atomic E-state index is -0.436. The molecule has 27 heavy (non-hydrogen) atoms. The van der Waals surface area contributed by atoms with Gasteiger partial charge in [-0.2, -0.15) is 0 Å². The van der Waals surface area contributed by atoms with Crippen LogP contribution in [0, 0.1) is 0 Å². The lowest BCUT2D eigenvalue weighted by atomic mass is 9.73. The molecule has 0 bridgehead atoms. The van der Waals surface area contributed by atoms with Gasteiger partial charge in [0.15, 0.2) is 7.85 Å². The molecule has 0 radical (unpaired) electrons. The standard InChI is InChI=1S/C25H25BO/c1-17(2)16-25(26,27-3)20-12-13-23-21-10-6-4-8-18(21)14-19-9-5-7-11-22(19)24(23)15-20/h4-13,15-16H,14,26H2,1-3H3. The van der Waals surface area contributed by atoms with E-state index in [1.807, 2.05) is 0 Å². The van der Waals surface area contributed by atoms with Crippen molar-refractivity contribution in [1.82, 2.24) is 0 Å².